The number of halogens is 2. The van der Waals surface area contributed by atoms with Gasteiger partial charge in [0, 0.05) is 25.2 Å². The molecule has 1 aromatic carbocycles. The summed E-state index contributed by atoms with van der Waals surface area (Å²) < 4.78 is 47.8. The molecule has 42 heavy (non-hydrogen) atoms. The number of oxazole rings is 1. The quantitative estimate of drug-likeness (QED) is 0.422. The van der Waals surface area contributed by atoms with E-state index < -0.39 is 42.2 Å². The molecule has 4 rings (SSSR count). The van der Waals surface area contributed by atoms with Crippen molar-refractivity contribution in [1.29, 1.82) is 0 Å². The summed E-state index contributed by atoms with van der Waals surface area (Å²) in [5.41, 5.74) is 5.02. The lowest BCUT2D eigenvalue weighted by atomic mass is 10.1. The lowest BCUT2D eigenvalue weighted by Gasteiger charge is -2.37. The zero-order chi connectivity index (χ0) is 30.8. The number of aromatic nitrogens is 1. The average molecular weight is 594 g/mol. The largest absolute Gasteiger partial charge is 0.489 e. The Bertz CT molecular complexity index is 1310. The normalized spacial score (nSPS) is 18.5. The molecule has 2 aromatic rings. The number of amides is 3. The summed E-state index contributed by atoms with van der Waals surface area (Å²) in [5.74, 6) is -0.780. The maximum atomic E-state index is 13.7. The van der Waals surface area contributed by atoms with Gasteiger partial charge in [0.2, 0.25) is 11.8 Å². The van der Waals surface area contributed by atoms with E-state index in [9.17, 15) is 23.2 Å². The highest BCUT2D eigenvalue weighted by Gasteiger charge is 2.35. The minimum absolute atomic E-state index is 0.00774. The van der Waals surface area contributed by atoms with Crippen molar-refractivity contribution < 1.29 is 41.8 Å². The first-order valence-corrected chi connectivity index (χ1v) is 13.7. The molecule has 1 aliphatic heterocycles. The number of rotatable bonds is 10. The molecular weight excluding hydrogens is 556 g/mol. The number of carbonyl (C=O) groups is 3. The molecule has 1 unspecified atom stereocenters. The molecule has 3 N–H and O–H groups in total. The lowest BCUT2D eigenvalue weighted by Crippen LogP contribution is -2.58. The Kier molecular flexibility index (Phi) is 9.24. The van der Waals surface area contributed by atoms with E-state index in [1.807, 2.05) is 0 Å². The Morgan fingerprint density at radius 3 is 2.52 bits per heavy atom. The molecule has 230 valence electrons. The number of nitrogens with one attached hydrogen (secondary N) is 1. The highest BCUT2D eigenvalue weighted by atomic mass is 19.3. The van der Waals surface area contributed by atoms with Gasteiger partial charge in [-0.25, -0.2) is 9.78 Å². The predicted octanol–water partition coefficient (Wildman–Crippen LogP) is 3.56. The third-order valence-electron chi connectivity index (χ3n) is 6.82. The van der Waals surface area contributed by atoms with Gasteiger partial charge in [0.1, 0.15) is 11.6 Å². The van der Waals surface area contributed by atoms with Gasteiger partial charge in [0.05, 0.1) is 12.6 Å². The van der Waals surface area contributed by atoms with E-state index in [2.05, 4.69) is 15.0 Å². The first-order chi connectivity index (χ1) is 19.7. The summed E-state index contributed by atoms with van der Waals surface area (Å²) in [7, 11) is 1.74. The maximum absolute atomic E-state index is 13.7. The summed E-state index contributed by atoms with van der Waals surface area (Å²) in [6.07, 6.45) is 1.25. The molecule has 2 heterocycles. The second-order valence-electron chi connectivity index (χ2n) is 11.5. The van der Waals surface area contributed by atoms with Crippen molar-refractivity contribution in [2.75, 3.05) is 33.3 Å². The summed E-state index contributed by atoms with van der Waals surface area (Å²) in [4.78, 5) is 45.9. The standard InChI is InChI=1S/C28H37F2N5O7/c1-15(32-27(38)42-28(2,3)4)22-21(25(37)35-11-10-34(5)18(13-35)23(31)36)33-24(41-22)17-8-9-19(40-26(29)30)20(12-17)39-14-16-6-7-16/h8-9,12,15-16,18,26H,6-7,10-11,13-14H2,1-5H3,(H2,31,36)(H,32,38)/t15-,18?/m0/s1. The van der Waals surface area contributed by atoms with E-state index in [1.165, 1.54) is 23.1 Å². The van der Waals surface area contributed by atoms with Gasteiger partial charge >= 0.3 is 12.7 Å². The smallest absolute Gasteiger partial charge is 0.408 e. The number of nitrogens with zero attached hydrogens (tertiary/aromatic N) is 3. The van der Waals surface area contributed by atoms with Crippen molar-refractivity contribution in [3.8, 4) is 23.0 Å². The average Bonchev–Trinajstić information content (AvgIpc) is 3.61. The van der Waals surface area contributed by atoms with Crippen molar-refractivity contribution in [3.63, 3.8) is 0 Å². The van der Waals surface area contributed by atoms with E-state index in [1.54, 1.807) is 39.6 Å². The zero-order valence-corrected chi connectivity index (χ0v) is 24.3. The van der Waals surface area contributed by atoms with Gasteiger partial charge < -0.3 is 34.6 Å². The number of ether oxygens (including phenoxy) is 3. The second kappa shape index (κ2) is 12.5. The third-order valence-corrected chi connectivity index (χ3v) is 6.82. The molecule has 2 atom stereocenters. The zero-order valence-electron chi connectivity index (χ0n) is 24.3. The van der Waals surface area contributed by atoms with Crippen molar-refractivity contribution in [2.24, 2.45) is 11.7 Å². The molecule has 0 bridgehead atoms. The van der Waals surface area contributed by atoms with Crippen LogP contribution in [-0.4, -0.2) is 84.2 Å². The van der Waals surface area contributed by atoms with Crippen molar-refractivity contribution >= 4 is 17.9 Å². The van der Waals surface area contributed by atoms with Crippen LogP contribution in [0.3, 0.4) is 0 Å². The number of hydrogen-bond acceptors (Lipinski definition) is 9. The van der Waals surface area contributed by atoms with E-state index in [0.29, 0.717) is 31.2 Å². The van der Waals surface area contributed by atoms with E-state index in [-0.39, 0.29) is 35.4 Å². The topological polar surface area (TPSA) is 149 Å². The van der Waals surface area contributed by atoms with Crippen molar-refractivity contribution in [1.82, 2.24) is 20.1 Å². The van der Waals surface area contributed by atoms with E-state index in [0.717, 1.165) is 12.8 Å². The Hall–Kier alpha value is -3.94. The van der Waals surface area contributed by atoms with Crippen LogP contribution >= 0.6 is 0 Å². The highest BCUT2D eigenvalue weighted by molar-refractivity contribution is 5.95. The fourth-order valence-electron chi connectivity index (χ4n) is 4.41. The molecule has 14 heteroatoms. The number of piperazine rings is 1. The number of nitrogens with two attached hydrogens (primary N) is 1. The summed E-state index contributed by atoms with van der Waals surface area (Å²) in [6, 6.07) is 2.68. The van der Waals surface area contributed by atoms with E-state index in [4.69, 9.17) is 19.6 Å². The van der Waals surface area contributed by atoms with Gasteiger partial charge in [0.25, 0.3) is 5.91 Å². The number of hydrogen-bond donors (Lipinski definition) is 2. The summed E-state index contributed by atoms with van der Waals surface area (Å²) in [5, 5.41) is 2.66. The van der Waals surface area contributed by atoms with Gasteiger partial charge in [-0.1, -0.05) is 0 Å². The molecule has 3 amide bonds. The SMILES string of the molecule is C[C@H](NC(=O)OC(C)(C)C)c1oc(-c2ccc(OC(F)F)c(OCC3CC3)c2)nc1C(=O)N1CCN(C)C(C(N)=O)C1. The van der Waals surface area contributed by atoms with E-state index >= 15 is 0 Å². The number of benzene rings is 1. The fourth-order valence-corrected chi connectivity index (χ4v) is 4.41. The molecular formula is C28H37F2N5O7. The van der Waals surface area contributed by atoms with Crippen LogP contribution in [0.4, 0.5) is 13.6 Å². The van der Waals surface area contributed by atoms with Gasteiger partial charge in [-0.3, -0.25) is 14.5 Å². The van der Waals surface area contributed by atoms with Crippen LogP contribution in [0.2, 0.25) is 0 Å². The van der Waals surface area contributed by atoms with Crippen LogP contribution in [0.1, 0.15) is 62.8 Å². The first kappa shape index (κ1) is 31.0. The summed E-state index contributed by atoms with van der Waals surface area (Å²) >= 11 is 0. The molecule has 1 saturated heterocycles. The van der Waals surface area contributed by atoms with Crippen LogP contribution < -0.4 is 20.5 Å². The van der Waals surface area contributed by atoms with Crippen LogP contribution in [0.5, 0.6) is 11.5 Å². The van der Waals surface area contributed by atoms with Gasteiger partial charge in [-0.15, -0.1) is 0 Å². The van der Waals surface area contributed by atoms with Crippen LogP contribution in [-0.2, 0) is 9.53 Å². The molecule has 12 nitrogen and oxygen atoms in total. The molecule has 2 fully saturated rings. The molecule has 1 aliphatic carbocycles. The fraction of sp³-hybridized carbons (Fsp3) is 0.571. The number of likely N-dealkylation sites (N-methyl/N-ethyl adjacent to an activating group) is 1. The minimum Gasteiger partial charge on any atom is -0.489 e. The maximum Gasteiger partial charge on any atom is 0.408 e. The molecule has 0 spiro atoms. The number of primary amides is 1. The van der Waals surface area contributed by atoms with Crippen molar-refractivity contribution in [2.45, 2.75) is 64.8 Å². The van der Waals surface area contributed by atoms with Gasteiger partial charge in [0.15, 0.2) is 23.0 Å². The second-order valence-corrected chi connectivity index (χ2v) is 11.5. The summed E-state index contributed by atoms with van der Waals surface area (Å²) in [6.45, 7) is 4.77. The minimum atomic E-state index is -3.05. The number of alkyl halides is 2. The first-order valence-electron chi connectivity index (χ1n) is 13.7. The molecule has 1 saturated carbocycles. The Morgan fingerprint density at radius 2 is 1.90 bits per heavy atom. The van der Waals surface area contributed by atoms with Crippen molar-refractivity contribution in [3.05, 3.63) is 29.7 Å². The lowest BCUT2D eigenvalue weighted by molar-refractivity contribution is -0.124. The molecule has 0 radical (unpaired) electrons. The Labute approximate surface area is 242 Å². The Balaban J connectivity index is 1.68. The van der Waals surface area contributed by atoms with Crippen LogP contribution in [0.25, 0.3) is 11.5 Å². The predicted molar refractivity (Wildman–Crippen MR) is 146 cm³/mol. The molecule has 1 aromatic heterocycles. The highest BCUT2D eigenvalue weighted by Crippen LogP contribution is 2.37. The third kappa shape index (κ3) is 7.87. The van der Waals surface area contributed by atoms with Crippen LogP contribution in [0.15, 0.2) is 22.6 Å². The number of alkyl carbamates (subject to hydrolysis) is 1. The van der Waals surface area contributed by atoms with Gasteiger partial charge in [-0.2, -0.15) is 8.78 Å². The molecule has 2 aliphatic rings. The monoisotopic (exact) mass is 593 g/mol. The Morgan fingerprint density at radius 1 is 1.19 bits per heavy atom. The number of carbonyl (C=O) groups excluding carboxylic acids is 3. The van der Waals surface area contributed by atoms with Gasteiger partial charge in [-0.05, 0) is 71.7 Å². The van der Waals surface area contributed by atoms with Crippen LogP contribution in [0, 0.1) is 5.92 Å².